The predicted octanol–water partition coefficient (Wildman–Crippen LogP) is 6.57. The van der Waals surface area contributed by atoms with E-state index in [2.05, 4.69) is 10.6 Å². The fourth-order valence-corrected chi connectivity index (χ4v) is 3.70. The number of nitrogens with one attached hydrogen (secondary N) is 2. The van der Waals surface area contributed by atoms with Crippen molar-refractivity contribution < 1.29 is 22.8 Å². The first-order valence-corrected chi connectivity index (χ1v) is 11.1. The minimum atomic E-state index is -4.60. The highest BCUT2D eigenvalue weighted by Gasteiger charge is 2.39. The average Bonchev–Trinajstić information content (AvgIpc) is 2.71. The van der Waals surface area contributed by atoms with Crippen LogP contribution in [-0.4, -0.2) is 30.6 Å². The Kier molecular flexibility index (Phi) is 9.23. The Hall–Kier alpha value is -2.22. The minimum Gasteiger partial charge on any atom is -0.355 e. The van der Waals surface area contributed by atoms with E-state index in [1.54, 1.807) is 26.8 Å². The summed E-state index contributed by atoms with van der Waals surface area (Å²) >= 11 is 17.6. The molecular formula is C23H22Cl3F3N2O2. The SMILES string of the molecule is CCNC(=O)C(C)NC(=O)c1ccc(/C=C/C(c2cc(Cl)c(Cl)c(Cl)c2)C(F)(F)F)cc1C. The molecule has 178 valence electrons. The van der Waals surface area contributed by atoms with Gasteiger partial charge in [0.2, 0.25) is 5.91 Å². The highest BCUT2D eigenvalue weighted by atomic mass is 35.5. The van der Waals surface area contributed by atoms with Gasteiger partial charge in [0.15, 0.2) is 0 Å². The molecule has 4 nitrogen and oxygen atoms in total. The summed E-state index contributed by atoms with van der Waals surface area (Å²) in [7, 11) is 0. The zero-order valence-electron chi connectivity index (χ0n) is 18.0. The number of carbonyl (C=O) groups excluding carboxylic acids is 2. The lowest BCUT2D eigenvalue weighted by Gasteiger charge is -2.18. The van der Waals surface area contributed by atoms with Crippen LogP contribution in [0.15, 0.2) is 36.4 Å². The van der Waals surface area contributed by atoms with Crippen LogP contribution in [0.4, 0.5) is 13.2 Å². The van der Waals surface area contributed by atoms with Crippen molar-refractivity contribution in [1.82, 2.24) is 10.6 Å². The minimum absolute atomic E-state index is 0.0158. The van der Waals surface area contributed by atoms with Crippen LogP contribution in [-0.2, 0) is 4.79 Å². The van der Waals surface area contributed by atoms with E-state index < -0.39 is 24.0 Å². The van der Waals surface area contributed by atoms with Crippen LogP contribution in [0.2, 0.25) is 15.1 Å². The summed E-state index contributed by atoms with van der Waals surface area (Å²) in [6.45, 7) is 5.42. The first-order valence-electron chi connectivity index (χ1n) is 9.93. The Labute approximate surface area is 205 Å². The van der Waals surface area contributed by atoms with Gasteiger partial charge in [-0.25, -0.2) is 0 Å². The largest absolute Gasteiger partial charge is 0.399 e. The summed E-state index contributed by atoms with van der Waals surface area (Å²) < 4.78 is 41.1. The standard InChI is InChI=1S/C23H22Cl3F3N2O2/c1-4-30-21(32)13(3)31-22(33)16-7-5-14(9-12(16)2)6-8-17(23(27,28)29)15-10-18(24)20(26)19(25)11-15/h5-11,13,17H,4H2,1-3H3,(H,30,32)(H,31,33)/b8-6+. The molecule has 0 heterocycles. The molecule has 0 fully saturated rings. The van der Waals surface area contributed by atoms with E-state index in [0.717, 1.165) is 18.2 Å². The third-order valence-corrected chi connectivity index (χ3v) is 5.98. The van der Waals surface area contributed by atoms with Gasteiger partial charge in [-0.15, -0.1) is 0 Å². The molecule has 10 heteroatoms. The maximum Gasteiger partial charge on any atom is 0.399 e. The first kappa shape index (κ1) is 27.0. The van der Waals surface area contributed by atoms with Gasteiger partial charge < -0.3 is 10.6 Å². The van der Waals surface area contributed by atoms with Crippen LogP contribution in [0.3, 0.4) is 0 Å². The molecule has 0 aliphatic heterocycles. The fraction of sp³-hybridized carbons (Fsp3) is 0.304. The molecule has 33 heavy (non-hydrogen) atoms. The third kappa shape index (κ3) is 7.13. The van der Waals surface area contributed by atoms with Crippen LogP contribution in [0.5, 0.6) is 0 Å². The van der Waals surface area contributed by atoms with Gasteiger partial charge >= 0.3 is 6.18 Å². The number of alkyl halides is 3. The van der Waals surface area contributed by atoms with Crippen LogP contribution >= 0.6 is 34.8 Å². The van der Waals surface area contributed by atoms with Crippen molar-refractivity contribution in [2.45, 2.75) is 38.9 Å². The van der Waals surface area contributed by atoms with Gasteiger partial charge in [-0.1, -0.05) is 59.1 Å². The molecule has 2 N–H and O–H groups in total. The third-order valence-electron chi connectivity index (χ3n) is 4.79. The fourth-order valence-electron chi connectivity index (χ4n) is 3.08. The number of rotatable bonds is 7. The van der Waals surface area contributed by atoms with Crippen molar-refractivity contribution in [1.29, 1.82) is 0 Å². The van der Waals surface area contributed by atoms with Crippen molar-refractivity contribution in [2.24, 2.45) is 0 Å². The van der Waals surface area contributed by atoms with Gasteiger partial charge in [0, 0.05) is 12.1 Å². The lowest BCUT2D eigenvalue weighted by molar-refractivity contribution is -0.139. The number of benzene rings is 2. The van der Waals surface area contributed by atoms with Crippen molar-refractivity contribution >= 4 is 52.7 Å². The second kappa shape index (κ2) is 11.3. The normalized spacial score (nSPS) is 13.6. The quantitative estimate of drug-likeness (QED) is 0.405. The second-order valence-corrected chi connectivity index (χ2v) is 8.53. The number of halogens is 6. The van der Waals surface area contributed by atoms with Crippen molar-refractivity contribution in [3.05, 3.63) is 73.7 Å². The van der Waals surface area contributed by atoms with E-state index >= 15 is 0 Å². The molecule has 2 aromatic carbocycles. The lowest BCUT2D eigenvalue weighted by Crippen LogP contribution is -2.44. The smallest absolute Gasteiger partial charge is 0.355 e. The lowest BCUT2D eigenvalue weighted by atomic mass is 9.96. The molecule has 0 saturated heterocycles. The Morgan fingerprint density at radius 2 is 1.70 bits per heavy atom. The number of amides is 2. The maximum atomic E-state index is 13.7. The highest BCUT2D eigenvalue weighted by Crippen LogP contribution is 2.41. The maximum absolute atomic E-state index is 13.7. The first-order chi connectivity index (χ1) is 15.3. The van der Waals surface area contributed by atoms with Crippen molar-refractivity contribution in [3.8, 4) is 0 Å². The zero-order valence-corrected chi connectivity index (χ0v) is 20.3. The topological polar surface area (TPSA) is 58.2 Å². The van der Waals surface area contributed by atoms with E-state index in [1.807, 2.05) is 0 Å². The predicted molar refractivity (Wildman–Crippen MR) is 126 cm³/mol. The Morgan fingerprint density at radius 1 is 1.09 bits per heavy atom. The molecule has 0 aromatic heterocycles. The van der Waals surface area contributed by atoms with E-state index in [-0.39, 0.29) is 26.5 Å². The second-order valence-electron chi connectivity index (χ2n) is 7.34. The summed E-state index contributed by atoms with van der Waals surface area (Å²) in [4.78, 5) is 24.3. The van der Waals surface area contributed by atoms with E-state index in [4.69, 9.17) is 34.8 Å². The Morgan fingerprint density at radius 3 is 2.21 bits per heavy atom. The van der Waals surface area contributed by atoms with E-state index in [9.17, 15) is 22.8 Å². The zero-order chi connectivity index (χ0) is 24.9. The number of allylic oxidation sites excluding steroid dienone is 1. The summed E-state index contributed by atoms with van der Waals surface area (Å²) in [6.07, 6.45) is -2.30. The monoisotopic (exact) mass is 520 g/mol. The molecule has 0 spiro atoms. The van der Waals surface area contributed by atoms with Crippen molar-refractivity contribution in [2.75, 3.05) is 6.54 Å². The Balaban J connectivity index is 2.27. The van der Waals surface area contributed by atoms with Gasteiger partial charge in [0.05, 0.1) is 21.0 Å². The van der Waals surface area contributed by atoms with Crippen LogP contribution in [0, 0.1) is 6.92 Å². The van der Waals surface area contributed by atoms with Gasteiger partial charge in [0.25, 0.3) is 5.91 Å². The summed E-state index contributed by atoms with van der Waals surface area (Å²) in [5.74, 6) is -2.74. The highest BCUT2D eigenvalue weighted by molar-refractivity contribution is 6.48. The molecule has 0 aliphatic rings. The molecule has 2 atom stereocenters. The van der Waals surface area contributed by atoms with Gasteiger partial charge in [-0.2, -0.15) is 13.2 Å². The summed E-state index contributed by atoms with van der Waals surface area (Å²) in [5.41, 5.74) is 1.16. The van der Waals surface area contributed by atoms with E-state index in [1.165, 1.54) is 18.2 Å². The number of hydrogen-bond acceptors (Lipinski definition) is 2. The molecule has 2 unspecified atom stereocenters. The molecular weight excluding hydrogens is 500 g/mol. The van der Waals surface area contributed by atoms with Crippen molar-refractivity contribution in [3.63, 3.8) is 0 Å². The molecule has 2 rings (SSSR count). The number of hydrogen-bond donors (Lipinski definition) is 2. The van der Waals surface area contributed by atoms with E-state index in [0.29, 0.717) is 23.2 Å². The van der Waals surface area contributed by atoms with Crippen LogP contribution in [0.1, 0.15) is 46.8 Å². The molecule has 2 amide bonds. The Bertz CT molecular complexity index is 1050. The molecule has 0 radical (unpaired) electrons. The molecule has 0 aliphatic carbocycles. The van der Waals surface area contributed by atoms with Crippen LogP contribution < -0.4 is 10.6 Å². The summed E-state index contributed by atoms with van der Waals surface area (Å²) in [6, 6.07) is 6.12. The molecule has 0 saturated carbocycles. The number of carbonyl (C=O) groups is 2. The van der Waals surface area contributed by atoms with Gasteiger partial charge in [0.1, 0.15) is 6.04 Å². The number of aryl methyl sites for hydroxylation is 1. The average molecular weight is 522 g/mol. The molecule has 0 bridgehead atoms. The van der Waals surface area contributed by atoms with Gasteiger partial charge in [-0.3, -0.25) is 9.59 Å². The number of likely N-dealkylation sites (N-methyl/N-ethyl adjacent to an activating group) is 1. The van der Waals surface area contributed by atoms with Gasteiger partial charge in [-0.05, 0) is 55.7 Å². The van der Waals surface area contributed by atoms with Crippen LogP contribution in [0.25, 0.3) is 6.08 Å². The summed E-state index contributed by atoms with van der Waals surface area (Å²) in [5, 5.41) is 5.04. The molecule has 2 aromatic rings.